The van der Waals surface area contributed by atoms with E-state index in [4.69, 9.17) is 4.99 Å². The Hall–Kier alpha value is -2.57. The Morgan fingerprint density at radius 3 is 2.93 bits per heavy atom. The molecular formula is C24H21N3OS2. The van der Waals surface area contributed by atoms with E-state index in [1.165, 1.54) is 22.2 Å². The zero-order valence-corrected chi connectivity index (χ0v) is 18.2. The number of nitrogens with one attached hydrogen (secondary N) is 1. The van der Waals surface area contributed by atoms with Crippen molar-refractivity contribution in [3.05, 3.63) is 76.8 Å². The van der Waals surface area contributed by atoms with Gasteiger partial charge >= 0.3 is 0 Å². The van der Waals surface area contributed by atoms with Crippen LogP contribution in [-0.4, -0.2) is 27.9 Å². The molecule has 4 nitrogen and oxygen atoms in total. The van der Waals surface area contributed by atoms with Crippen LogP contribution in [-0.2, 0) is 4.79 Å². The van der Waals surface area contributed by atoms with Crippen molar-refractivity contribution < 1.29 is 4.79 Å². The van der Waals surface area contributed by atoms with Gasteiger partial charge in [0.05, 0.1) is 16.5 Å². The smallest absolute Gasteiger partial charge is 0.264 e. The Morgan fingerprint density at radius 2 is 2.10 bits per heavy atom. The van der Waals surface area contributed by atoms with Crippen molar-refractivity contribution in [2.45, 2.75) is 30.2 Å². The van der Waals surface area contributed by atoms with Crippen LogP contribution in [0.4, 0.5) is 0 Å². The van der Waals surface area contributed by atoms with Crippen molar-refractivity contribution in [1.82, 2.24) is 10.3 Å². The second-order valence-corrected chi connectivity index (χ2v) is 9.67. The van der Waals surface area contributed by atoms with Crippen LogP contribution in [0.3, 0.4) is 0 Å². The SMILES string of the molecule is CCSc1ccnc2ccc(/C=C3\SC(=N[C@@H]4C[C@H]4c4ccccc4)NC3=O)cc12. The molecule has 5 rings (SSSR count). The van der Waals surface area contributed by atoms with E-state index < -0.39 is 0 Å². The van der Waals surface area contributed by atoms with Crippen molar-refractivity contribution in [3.8, 4) is 0 Å². The molecule has 6 heteroatoms. The number of hydrogen-bond acceptors (Lipinski definition) is 5. The van der Waals surface area contributed by atoms with Crippen molar-refractivity contribution in [1.29, 1.82) is 0 Å². The molecule has 0 bridgehead atoms. The van der Waals surface area contributed by atoms with E-state index in [0.29, 0.717) is 16.0 Å². The quantitative estimate of drug-likeness (QED) is 0.430. The largest absolute Gasteiger partial charge is 0.301 e. The molecule has 2 heterocycles. The summed E-state index contributed by atoms with van der Waals surface area (Å²) in [5.41, 5.74) is 3.30. The fraction of sp³-hybridized carbons (Fsp3) is 0.208. The van der Waals surface area contributed by atoms with Gasteiger partial charge in [-0.1, -0.05) is 43.3 Å². The minimum atomic E-state index is -0.0786. The fourth-order valence-corrected chi connectivity index (χ4v) is 5.35. The topological polar surface area (TPSA) is 54.4 Å². The summed E-state index contributed by atoms with van der Waals surface area (Å²) in [6.07, 6.45) is 4.83. The molecule has 2 aliphatic rings. The molecule has 1 amide bonds. The number of benzene rings is 2. The third-order valence-corrected chi connectivity index (χ3v) is 7.12. The summed E-state index contributed by atoms with van der Waals surface area (Å²) in [5.74, 6) is 1.39. The Morgan fingerprint density at radius 1 is 1.23 bits per heavy atom. The van der Waals surface area contributed by atoms with Gasteiger partial charge in [0.25, 0.3) is 5.91 Å². The molecule has 1 aromatic heterocycles. The minimum Gasteiger partial charge on any atom is -0.301 e. The molecule has 1 aliphatic heterocycles. The van der Waals surface area contributed by atoms with Crippen LogP contribution >= 0.6 is 23.5 Å². The average Bonchev–Trinajstić information content (AvgIpc) is 3.45. The van der Waals surface area contributed by atoms with Gasteiger partial charge in [-0.25, -0.2) is 0 Å². The zero-order valence-electron chi connectivity index (χ0n) is 16.5. The molecule has 1 aliphatic carbocycles. The number of carbonyl (C=O) groups is 1. The third-order valence-electron chi connectivity index (χ3n) is 5.24. The fourth-order valence-electron chi connectivity index (χ4n) is 3.68. The lowest BCUT2D eigenvalue weighted by molar-refractivity contribution is -0.115. The molecule has 0 unspecified atom stereocenters. The summed E-state index contributed by atoms with van der Waals surface area (Å²) in [4.78, 5) is 23.6. The molecular weight excluding hydrogens is 410 g/mol. The predicted octanol–water partition coefficient (Wildman–Crippen LogP) is 5.46. The number of nitrogens with zero attached hydrogens (tertiary/aromatic N) is 2. The van der Waals surface area contributed by atoms with Gasteiger partial charge in [-0.05, 0) is 59.3 Å². The first-order valence-corrected chi connectivity index (χ1v) is 11.9. The van der Waals surface area contributed by atoms with Crippen molar-refractivity contribution in [2.75, 3.05) is 5.75 Å². The van der Waals surface area contributed by atoms with Crippen LogP contribution in [0.2, 0.25) is 0 Å². The van der Waals surface area contributed by atoms with Gasteiger partial charge in [-0.2, -0.15) is 0 Å². The Labute approximate surface area is 184 Å². The summed E-state index contributed by atoms with van der Waals surface area (Å²) in [5, 5.41) is 4.76. The highest BCUT2D eigenvalue weighted by atomic mass is 32.2. The highest BCUT2D eigenvalue weighted by Crippen LogP contribution is 2.44. The average molecular weight is 432 g/mol. The van der Waals surface area contributed by atoms with E-state index in [-0.39, 0.29) is 11.9 Å². The summed E-state index contributed by atoms with van der Waals surface area (Å²) in [6, 6.07) is 18.9. The summed E-state index contributed by atoms with van der Waals surface area (Å²) >= 11 is 3.23. The standard InChI is InChI=1S/C24H21N3OS2/c1-2-29-21-10-11-25-19-9-8-15(12-18(19)21)13-22-23(28)27-24(30-22)26-20-14-17(20)16-6-4-3-5-7-16/h3-13,17,20H,2,14H2,1H3,(H,26,27,28)/b22-13-/t17-,20+/m0/s1. The van der Waals surface area contributed by atoms with Gasteiger partial charge in [-0.3, -0.25) is 14.8 Å². The lowest BCUT2D eigenvalue weighted by Gasteiger charge is -2.05. The molecule has 2 atom stereocenters. The van der Waals surface area contributed by atoms with E-state index in [2.05, 4.69) is 47.6 Å². The number of amides is 1. The molecule has 1 saturated heterocycles. The van der Waals surface area contributed by atoms with E-state index in [9.17, 15) is 4.79 Å². The van der Waals surface area contributed by atoms with Gasteiger partial charge in [0.15, 0.2) is 5.17 Å². The summed E-state index contributed by atoms with van der Waals surface area (Å²) < 4.78 is 0. The number of hydrogen-bond donors (Lipinski definition) is 1. The minimum absolute atomic E-state index is 0.0786. The molecule has 0 radical (unpaired) electrons. The monoisotopic (exact) mass is 431 g/mol. The highest BCUT2D eigenvalue weighted by molar-refractivity contribution is 8.18. The van der Waals surface area contributed by atoms with E-state index in [1.54, 1.807) is 11.8 Å². The van der Waals surface area contributed by atoms with Crippen molar-refractivity contribution in [3.63, 3.8) is 0 Å². The number of amidine groups is 1. The highest BCUT2D eigenvalue weighted by Gasteiger charge is 2.39. The maximum atomic E-state index is 12.5. The molecule has 0 spiro atoms. The van der Waals surface area contributed by atoms with Crippen LogP contribution < -0.4 is 5.32 Å². The van der Waals surface area contributed by atoms with Crippen molar-refractivity contribution in [2.24, 2.45) is 4.99 Å². The van der Waals surface area contributed by atoms with Gasteiger partial charge in [-0.15, -0.1) is 11.8 Å². The number of aliphatic imine (C=N–C) groups is 1. The van der Waals surface area contributed by atoms with Crippen LogP contribution in [0.25, 0.3) is 17.0 Å². The lowest BCUT2D eigenvalue weighted by atomic mass is 10.1. The maximum absolute atomic E-state index is 12.5. The number of aromatic nitrogens is 1. The van der Waals surface area contributed by atoms with Crippen LogP contribution in [0.15, 0.2) is 75.6 Å². The number of fused-ring (bicyclic) bond motifs is 1. The van der Waals surface area contributed by atoms with Crippen LogP contribution in [0, 0.1) is 0 Å². The second-order valence-electron chi connectivity index (χ2n) is 7.34. The van der Waals surface area contributed by atoms with Gasteiger partial charge in [0, 0.05) is 22.4 Å². The Balaban J connectivity index is 1.35. The number of pyridine rings is 1. The lowest BCUT2D eigenvalue weighted by Crippen LogP contribution is -2.20. The first-order valence-electron chi connectivity index (χ1n) is 10.1. The molecule has 3 aromatic rings. The maximum Gasteiger partial charge on any atom is 0.264 e. The summed E-state index contributed by atoms with van der Waals surface area (Å²) in [7, 11) is 0. The molecule has 2 fully saturated rings. The van der Waals surface area contributed by atoms with Gasteiger partial charge in [0.2, 0.25) is 0 Å². The predicted molar refractivity (Wildman–Crippen MR) is 127 cm³/mol. The van der Waals surface area contributed by atoms with E-state index in [1.807, 2.05) is 36.5 Å². The van der Waals surface area contributed by atoms with Crippen LogP contribution in [0.5, 0.6) is 0 Å². The molecule has 1 N–H and O–H groups in total. The number of carbonyl (C=O) groups excluding carboxylic acids is 1. The second kappa shape index (κ2) is 8.28. The molecule has 150 valence electrons. The number of rotatable bonds is 5. The van der Waals surface area contributed by atoms with Gasteiger partial charge < -0.3 is 5.32 Å². The normalized spacial score (nSPS) is 23.3. The molecule has 30 heavy (non-hydrogen) atoms. The first-order chi connectivity index (χ1) is 14.7. The zero-order chi connectivity index (χ0) is 20.5. The molecule has 2 aromatic carbocycles. The third kappa shape index (κ3) is 4.02. The first kappa shape index (κ1) is 19.4. The van der Waals surface area contributed by atoms with Gasteiger partial charge in [0.1, 0.15) is 0 Å². The van der Waals surface area contributed by atoms with E-state index >= 15 is 0 Å². The molecule has 1 saturated carbocycles. The Bertz CT molecular complexity index is 1170. The van der Waals surface area contributed by atoms with Crippen LogP contribution in [0.1, 0.15) is 30.4 Å². The summed E-state index contributed by atoms with van der Waals surface area (Å²) in [6.45, 7) is 2.14. The van der Waals surface area contributed by atoms with E-state index in [0.717, 1.165) is 28.6 Å². The van der Waals surface area contributed by atoms with Crippen molar-refractivity contribution >= 4 is 51.6 Å². The number of thioether (sulfide) groups is 2. The Kier molecular flexibility index (Phi) is 5.35.